The molecule has 2 aliphatic rings. The van der Waals surface area contributed by atoms with E-state index in [2.05, 4.69) is 4.98 Å². The highest BCUT2D eigenvalue weighted by Gasteiger charge is 2.64. The lowest BCUT2D eigenvalue weighted by molar-refractivity contribution is -0.272. The summed E-state index contributed by atoms with van der Waals surface area (Å²) in [6.45, 7) is 6.80. The van der Waals surface area contributed by atoms with Crippen molar-refractivity contribution in [2.24, 2.45) is 0 Å². The number of fused-ring (bicyclic) bond motifs is 1. The van der Waals surface area contributed by atoms with E-state index in [-0.39, 0.29) is 0 Å². The third-order valence-corrected chi connectivity index (χ3v) is 8.00. The van der Waals surface area contributed by atoms with E-state index < -0.39 is 23.0 Å². The molecule has 6 rings (SSSR count). The van der Waals surface area contributed by atoms with Gasteiger partial charge >= 0.3 is 6.09 Å². The van der Waals surface area contributed by atoms with Gasteiger partial charge in [-0.25, -0.2) is 14.8 Å². The molecule has 1 amide bonds. The van der Waals surface area contributed by atoms with E-state index in [1.54, 1.807) is 11.1 Å². The molecule has 1 aliphatic carbocycles. The summed E-state index contributed by atoms with van der Waals surface area (Å²) in [5.41, 5.74) is 3.96. The van der Waals surface area contributed by atoms with Crippen molar-refractivity contribution < 1.29 is 19.4 Å². The molecule has 1 saturated carbocycles. The Balaban J connectivity index is 1.46. The Hall–Kier alpha value is -3.52. The highest BCUT2D eigenvalue weighted by molar-refractivity contribution is 6.34. The Morgan fingerprint density at radius 2 is 1.64 bits per heavy atom. The molecule has 3 heterocycles. The van der Waals surface area contributed by atoms with Gasteiger partial charge in [0.15, 0.2) is 5.79 Å². The largest absolute Gasteiger partial charge is 0.465 e. The average molecular weight is 544 g/mol. The molecule has 1 aliphatic heterocycles. The maximum Gasteiger partial charge on any atom is 0.408 e. The van der Waals surface area contributed by atoms with Crippen molar-refractivity contribution in [3.63, 3.8) is 0 Å². The van der Waals surface area contributed by atoms with E-state index in [4.69, 9.17) is 26.1 Å². The number of ether oxygens (including phenoxy) is 2. The van der Waals surface area contributed by atoms with Crippen LogP contribution in [0.2, 0.25) is 5.15 Å². The van der Waals surface area contributed by atoms with Crippen molar-refractivity contribution >= 4 is 28.6 Å². The first-order valence-corrected chi connectivity index (χ1v) is 13.4. The van der Waals surface area contributed by atoms with Crippen LogP contribution in [0.5, 0.6) is 0 Å². The molecule has 1 saturated heterocycles. The van der Waals surface area contributed by atoms with E-state index in [9.17, 15) is 9.90 Å². The van der Waals surface area contributed by atoms with Crippen LogP contribution in [-0.4, -0.2) is 50.6 Å². The van der Waals surface area contributed by atoms with Crippen molar-refractivity contribution in [1.29, 1.82) is 0 Å². The molecule has 0 radical (unpaired) electrons. The Labute approximate surface area is 232 Å². The number of carboxylic acid groups (broad SMARTS) is 1. The number of carbonyl (C=O) groups is 1. The van der Waals surface area contributed by atoms with Gasteiger partial charge < -0.3 is 14.6 Å². The van der Waals surface area contributed by atoms with Crippen LogP contribution in [0.25, 0.3) is 33.3 Å². The van der Waals surface area contributed by atoms with Crippen molar-refractivity contribution in [3.05, 3.63) is 83.6 Å². The van der Waals surface area contributed by atoms with Crippen LogP contribution < -0.4 is 0 Å². The van der Waals surface area contributed by atoms with Crippen LogP contribution in [0.1, 0.15) is 39.2 Å². The normalized spacial score (nSPS) is 17.7. The van der Waals surface area contributed by atoms with Gasteiger partial charge in [-0.05, 0) is 44.0 Å². The van der Waals surface area contributed by atoms with Gasteiger partial charge in [0.1, 0.15) is 5.15 Å². The quantitative estimate of drug-likeness (QED) is 0.276. The standard InChI is InChI=1S/C31H30ClN3O4/c1-29(2,3)35(28(36)37)30(18-31(19-30)38-15-16-39-31)22-11-9-21(10-12-22)26-23(20-7-5-4-6-8-20)17-24-25(34-26)13-14-33-27(24)32/h4-14,17H,15-16,18-19H2,1-3H3,(H,36,37). The van der Waals surface area contributed by atoms with Crippen LogP contribution in [0.15, 0.2) is 72.9 Å². The molecular weight excluding hydrogens is 514 g/mol. The number of halogens is 1. The molecule has 200 valence electrons. The molecule has 1 N–H and O–H groups in total. The minimum Gasteiger partial charge on any atom is -0.465 e. The zero-order valence-electron chi connectivity index (χ0n) is 22.1. The Morgan fingerprint density at radius 3 is 2.26 bits per heavy atom. The second kappa shape index (κ2) is 9.30. The highest BCUT2D eigenvalue weighted by Crippen LogP contribution is 2.58. The number of aromatic nitrogens is 2. The lowest BCUT2D eigenvalue weighted by Gasteiger charge is -2.60. The molecule has 1 spiro atoms. The first kappa shape index (κ1) is 25.7. The van der Waals surface area contributed by atoms with Gasteiger partial charge in [0.2, 0.25) is 0 Å². The fourth-order valence-corrected chi connectivity index (χ4v) is 6.41. The van der Waals surface area contributed by atoms with Crippen LogP contribution >= 0.6 is 11.6 Å². The summed E-state index contributed by atoms with van der Waals surface area (Å²) in [7, 11) is 0. The minimum atomic E-state index is -0.965. The van der Waals surface area contributed by atoms with Gasteiger partial charge in [0.25, 0.3) is 0 Å². The Bertz CT molecular complexity index is 1540. The summed E-state index contributed by atoms with van der Waals surface area (Å²) < 4.78 is 11.9. The summed E-state index contributed by atoms with van der Waals surface area (Å²) in [5.74, 6) is -0.731. The highest BCUT2D eigenvalue weighted by atomic mass is 35.5. The molecular formula is C31H30ClN3O4. The number of hydrogen-bond acceptors (Lipinski definition) is 5. The molecule has 39 heavy (non-hydrogen) atoms. The molecule has 2 aromatic heterocycles. The number of nitrogens with zero attached hydrogens (tertiary/aromatic N) is 3. The third kappa shape index (κ3) is 4.35. The van der Waals surface area contributed by atoms with Gasteiger partial charge in [-0.2, -0.15) is 0 Å². The van der Waals surface area contributed by atoms with Gasteiger partial charge in [-0.3, -0.25) is 4.90 Å². The van der Waals surface area contributed by atoms with Gasteiger partial charge in [-0.15, -0.1) is 0 Å². The van der Waals surface area contributed by atoms with Crippen LogP contribution in [0.4, 0.5) is 4.79 Å². The van der Waals surface area contributed by atoms with E-state index in [1.165, 1.54) is 0 Å². The molecule has 0 atom stereocenters. The Morgan fingerprint density at radius 1 is 0.974 bits per heavy atom. The second-order valence-corrected chi connectivity index (χ2v) is 11.6. The molecule has 7 nitrogen and oxygen atoms in total. The van der Waals surface area contributed by atoms with Gasteiger partial charge in [-0.1, -0.05) is 66.2 Å². The summed E-state index contributed by atoms with van der Waals surface area (Å²) in [4.78, 5) is 23.4. The van der Waals surface area contributed by atoms with Crippen molar-refractivity contribution in [1.82, 2.24) is 14.9 Å². The lowest BCUT2D eigenvalue weighted by Crippen LogP contribution is -2.68. The summed E-state index contributed by atoms with van der Waals surface area (Å²) in [5, 5.41) is 11.5. The predicted molar refractivity (Wildman–Crippen MR) is 151 cm³/mol. The van der Waals surface area contributed by atoms with E-state index in [0.717, 1.165) is 38.9 Å². The van der Waals surface area contributed by atoms with E-state index >= 15 is 0 Å². The molecule has 2 fully saturated rings. The van der Waals surface area contributed by atoms with Crippen molar-refractivity contribution in [3.8, 4) is 22.4 Å². The zero-order valence-corrected chi connectivity index (χ0v) is 22.9. The monoisotopic (exact) mass is 543 g/mol. The first-order valence-electron chi connectivity index (χ1n) is 13.0. The fraction of sp³-hybridized carbons (Fsp3) is 0.323. The molecule has 4 aromatic rings. The van der Waals surface area contributed by atoms with Gasteiger partial charge in [0, 0.05) is 41.1 Å². The SMILES string of the molecule is CC(C)(C)N(C(=O)O)C1(c2ccc(-c3nc4ccnc(Cl)c4cc3-c3ccccc3)cc2)CC2(C1)OCCO2. The van der Waals surface area contributed by atoms with Crippen LogP contribution in [0, 0.1) is 0 Å². The number of rotatable bonds is 4. The number of pyridine rings is 2. The van der Waals surface area contributed by atoms with Gasteiger partial charge in [0.05, 0.1) is 30.0 Å². The zero-order chi connectivity index (χ0) is 27.4. The number of benzene rings is 2. The fourth-order valence-electron chi connectivity index (χ4n) is 6.20. The Kier molecular flexibility index (Phi) is 6.14. The molecule has 0 unspecified atom stereocenters. The second-order valence-electron chi connectivity index (χ2n) is 11.3. The predicted octanol–water partition coefficient (Wildman–Crippen LogP) is 7.13. The molecule has 0 bridgehead atoms. The van der Waals surface area contributed by atoms with Crippen LogP contribution in [0.3, 0.4) is 0 Å². The molecule has 8 heteroatoms. The summed E-state index contributed by atoms with van der Waals surface area (Å²) in [6, 6.07) is 22.0. The molecule has 2 aromatic carbocycles. The smallest absolute Gasteiger partial charge is 0.408 e. The number of hydrogen-bond donors (Lipinski definition) is 1. The summed E-state index contributed by atoms with van der Waals surface area (Å²) in [6.07, 6.45) is 1.58. The van der Waals surface area contributed by atoms with Crippen molar-refractivity contribution in [2.75, 3.05) is 13.2 Å². The summed E-state index contributed by atoms with van der Waals surface area (Å²) >= 11 is 6.43. The van der Waals surface area contributed by atoms with E-state index in [1.807, 2.05) is 87.5 Å². The third-order valence-electron chi connectivity index (χ3n) is 7.70. The lowest BCUT2D eigenvalue weighted by atomic mass is 9.64. The first-order chi connectivity index (χ1) is 18.6. The minimum absolute atomic E-state index is 0.409. The van der Waals surface area contributed by atoms with E-state index in [0.29, 0.717) is 31.2 Å². The van der Waals surface area contributed by atoms with Crippen LogP contribution in [-0.2, 0) is 15.0 Å². The topological polar surface area (TPSA) is 84.8 Å². The van der Waals surface area contributed by atoms with Crippen molar-refractivity contribution in [2.45, 2.75) is 50.5 Å². The maximum atomic E-state index is 12.6. The number of amides is 1. The maximum absolute atomic E-state index is 12.6. The average Bonchev–Trinajstić information content (AvgIpc) is 3.37.